The van der Waals surface area contributed by atoms with Crippen LogP contribution in [-0.4, -0.2) is 30.1 Å². The van der Waals surface area contributed by atoms with E-state index >= 15 is 0 Å². The van der Waals surface area contributed by atoms with Crippen molar-refractivity contribution in [2.45, 2.75) is 32.9 Å². The number of ether oxygens (including phenoxy) is 1. The van der Waals surface area contributed by atoms with Crippen LogP contribution in [0.3, 0.4) is 0 Å². The first-order valence-electron chi connectivity index (χ1n) is 7.43. The molecule has 8 heteroatoms. The molecule has 0 fully saturated rings. The van der Waals surface area contributed by atoms with Gasteiger partial charge in [0, 0.05) is 12.2 Å². The average Bonchev–Trinajstić information content (AvgIpc) is 2.53. The first-order valence-corrected chi connectivity index (χ1v) is 7.43. The van der Waals surface area contributed by atoms with Crippen molar-refractivity contribution in [2.75, 3.05) is 13.2 Å². The fourth-order valence-corrected chi connectivity index (χ4v) is 2.25. The second-order valence-corrected chi connectivity index (χ2v) is 6.44. The normalized spacial score (nSPS) is 15.6. The highest BCUT2D eigenvalue weighted by Gasteiger charge is 2.34. The number of nitrogens with one attached hydrogen (secondary N) is 1. The number of carbonyl (C=O) groups is 1. The first kappa shape index (κ1) is 18.3. The van der Waals surface area contributed by atoms with Gasteiger partial charge in [0.25, 0.3) is 0 Å². The van der Waals surface area contributed by atoms with Gasteiger partial charge < -0.3 is 9.84 Å². The highest BCUT2D eigenvalue weighted by molar-refractivity contribution is 6.03. The molecule has 0 aliphatic carbocycles. The Kier molecular flexibility index (Phi) is 5.17. The van der Waals surface area contributed by atoms with Crippen LogP contribution in [0.2, 0.25) is 0 Å². The van der Waals surface area contributed by atoms with Crippen LogP contribution in [0.1, 0.15) is 37.0 Å². The molecule has 1 aliphatic rings. The number of hydrogen-bond donors (Lipinski definition) is 2. The van der Waals surface area contributed by atoms with Crippen LogP contribution in [0.25, 0.3) is 0 Å². The lowest BCUT2D eigenvalue weighted by molar-refractivity contribution is -0.138. The number of amides is 1. The topological polar surface area (TPSA) is 70.9 Å². The summed E-state index contributed by atoms with van der Waals surface area (Å²) in [6.07, 6.45) is -4.62. The largest absolute Gasteiger partial charge is 0.442 e. The Morgan fingerprint density at radius 3 is 2.58 bits per heavy atom. The molecule has 0 atom stereocenters. The Morgan fingerprint density at radius 1 is 1.33 bits per heavy atom. The summed E-state index contributed by atoms with van der Waals surface area (Å²) in [5.41, 5.74) is 1.51. The summed E-state index contributed by atoms with van der Waals surface area (Å²) in [4.78, 5) is 10.9. The maximum Gasteiger partial charge on any atom is 0.428 e. The van der Waals surface area contributed by atoms with Gasteiger partial charge in [0.2, 0.25) is 0 Å². The molecule has 1 aromatic carbocycles. The zero-order valence-corrected chi connectivity index (χ0v) is 13.4. The molecule has 0 saturated heterocycles. The van der Waals surface area contributed by atoms with Crippen molar-refractivity contribution in [2.24, 2.45) is 10.5 Å². The molecule has 0 radical (unpaired) electrons. The predicted molar refractivity (Wildman–Crippen MR) is 81.7 cm³/mol. The third kappa shape index (κ3) is 4.47. The van der Waals surface area contributed by atoms with Crippen molar-refractivity contribution in [3.8, 4) is 0 Å². The summed E-state index contributed by atoms with van der Waals surface area (Å²) in [5.74, 6) is 0. The molecule has 0 unspecified atom stereocenters. The van der Waals surface area contributed by atoms with Crippen LogP contribution >= 0.6 is 0 Å². The van der Waals surface area contributed by atoms with Gasteiger partial charge in [-0.3, -0.25) is 0 Å². The van der Waals surface area contributed by atoms with Gasteiger partial charge in [0.05, 0.1) is 5.56 Å². The number of aliphatic hydroxyl groups excluding tert-OH is 1. The number of nitrogens with zero attached hydrogens (tertiary/aromatic N) is 1. The SMILES string of the molecule is CC(C)(CO)CCc1ccc(C2=NNC(=O)OC2)cc1C(F)(F)F. The quantitative estimate of drug-likeness (QED) is 0.862. The van der Waals surface area contributed by atoms with Crippen LogP contribution in [0.4, 0.5) is 18.0 Å². The van der Waals surface area contributed by atoms with E-state index in [1.807, 2.05) is 0 Å². The number of alkyl halides is 3. The number of rotatable bonds is 5. The minimum Gasteiger partial charge on any atom is -0.442 e. The van der Waals surface area contributed by atoms with E-state index in [1.54, 1.807) is 13.8 Å². The number of aryl methyl sites for hydroxylation is 1. The third-order valence-electron chi connectivity index (χ3n) is 3.87. The minimum atomic E-state index is -4.51. The fraction of sp³-hybridized carbons (Fsp3) is 0.500. The molecule has 2 rings (SSSR count). The van der Waals surface area contributed by atoms with Gasteiger partial charge in [-0.25, -0.2) is 10.2 Å². The molecule has 0 saturated carbocycles. The summed E-state index contributed by atoms with van der Waals surface area (Å²) in [7, 11) is 0. The zero-order chi connectivity index (χ0) is 18.0. The van der Waals surface area contributed by atoms with E-state index < -0.39 is 23.2 Å². The van der Waals surface area contributed by atoms with E-state index in [1.165, 1.54) is 12.1 Å². The number of benzene rings is 1. The van der Waals surface area contributed by atoms with Crippen LogP contribution in [0.15, 0.2) is 23.3 Å². The second kappa shape index (κ2) is 6.80. The molecule has 5 nitrogen and oxygen atoms in total. The monoisotopic (exact) mass is 344 g/mol. The zero-order valence-electron chi connectivity index (χ0n) is 13.4. The van der Waals surface area contributed by atoms with Gasteiger partial charge in [-0.05, 0) is 29.9 Å². The molecule has 1 aromatic rings. The molecule has 24 heavy (non-hydrogen) atoms. The van der Waals surface area contributed by atoms with Crippen LogP contribution < -0.4 is 5.43 Å². The van der Waals surface area contributed by atoms with Gasteiger partial charge in [-0.2, -0.15) is 18.3 Å². The molecule has 1 heterocycles. The fourth-order valence-electron chi connectivity index (χ4n) is 2.25. The van der Waals surface area contributed by atoms with E-state index in [4.69, 9.17) is 4.74 Å². The molecule has 1 aliphatic heterocycles. The Bertz CT molecular complexity index is 654. The van der Waals surface area contributed by atoms with Gasteiger partial charge in [0.15, 0.2) is 0 Å². The van der Waals surface area contributed by atoms with Crippen molar-refractivity contribution in [1.29, 1.82) is 0 Å². The highest BCUT2D eigenvalue weighted by Crippen LogP contribution is 2.35. The molecule has 0 spiro atoms. The summed E-state index contributed by atoms with van der Waals surface area (Å²) < 4.78 is 44.8. The summed E-state index contributed by atoms with van der Waals surface area (Å²) in [5, 5.41) is 13.0. The standard InChI is InChI=1S/C16H19F3N2O3/c1-15(2,9-22)6-5-10-3-4-11(7-12(10)16(17,18)19)13-8-24-14(23)21-20-13/h3-4,7,22H,5-6,8-9H2,1-2H3,(H,21,23). The average molecular weight is 344 g/mol. The highest BCUT2D eigenvalue weighted by atomic mass is 19.4. The summed E-state index contributed by atoms with van der Waals surface area (Å²) in [6, 6.07) is 3.95. The van der Waals surface area contributed by atoms with Crippen molar-refractivity contribution in [3.63, 3.8) is 0 Å². The van der Waals surface area contributed by atoms with Gasteiger partial charge >= 0.3 is 12.3 Å². The predicted octanol–water partition coefficient (Wildman–Crippen LogP) is 3.10. The molecule has 0 bridgehead atoms. The van der Waals surface area contributed by atoms with Crippen molar-refractivity contribution >= 4 is 11.8 Å². The Balaban J connectivity index is 2.31. The number of carbonyl (C=O) groups excluding carboxylic acids is 1. The van der Waals surface area contributed by atoms with Crippen molar-refractivity contribution in [3.05, 3.63) is 34.9 Å². The second-order valence-electron chi connectivity index (χ2n) is 6.44. The summed E-state index contributed by atoms with van der Waals surface area (Å²) in [6.45, 7) is 3.32. The van der Waals surface area contributed by atoms with E-state index in [2.05, 4.69) is 10.5 Å². The van der Waals surface area contributed by atoms with E-state index in [9.17, 15) is 23.1 Å². The number of hydrazone groups is 1. The molecular formula is C16H19F3N2O3. The van der Waals surface area contributed by atoms with Crippen LogP contribution in [0.5, 0.6) is 0 Å². The number of halogens is 3. The van der Waals surface area contributed by atoms with E-state index in [0.29, 0.717) is 6.42 Å². The van der Waals surface area contributed by atoms with Gasteiger partial charge in [0.1, 0.15) is 12.3 Å². The molecule has 0 aromatic heterocycles. The van der Waals surface area contributed by atoms with E-state index in [0.717, 1.165) is 6.07 Å². The van der Waals surface area contributed by atoms with Gasteiger partial charge in [-0.15, -0.1) is 0 Å². The lowest BCUT2D eigenvalue weighted by atomic mass is 9.86. The number of cyclic esters (lactones) is 1. The molecular weight excluding hydrogens is 325 g/mol. The lowest BCUT2D eigenvalue weighted by Crippen LogP contribution is -2.31. The van der Waals surface area contributed by atoms with Crippen molar-refractivity contribution in [1.82, 2.24) is 5.43 Å². The Labute approximate surface area is 137 Å². The first-order chi connectivity index (χ1) is 11.1. The smallest absolute Gasteiger partial charge is 0.428 e. The van der Waals surface area contributed by atoms with E-state index in [-0.39, 0.29) is 36.5 Å². The van der Waals surface area contributed by atoms with Crippen LogP contribution in [-0.2, 0) is 17.3 Å². The lowest BCUT2D eigenvalue weighted by Gasteiger charge is -2.23. The summed E-state index contributed by atoms with van der Waals surface area (Å²) >= 11 is 0. The van der Waals surface area contributed by atoms with Crippen LogP contribution in [0, 0.1) is 5.41 Å². The van der Waals surface area contributed by atoms with Crippen molar-refractivity contribution < 1.29 is 27.8 Å². The number of hydrogen-bond acceptors (Lipinski definition) is 4. The maximum atomic E-state index is 13.4. The minimum absolute atomic E-state index is 0.0969. The Hall–Kier alpha value is -2.09. The third-order valence-corrected chi connectivity index (χ3v) is 3.87. The molecule has 2 N–H and O–H groups in total. The van der Waals surface area contributed by atoms with Gasteiger partial charge in [-0.1, -0.05) is 26.0 Å². The number of aliphatic hydroxyl groups is 1. The molecule has 132 valence electrons. The Morgan fingerprint density at radius 2 is 2.04 bits per heavy atom. The molecule has 1 amide bonds. The maximum absolute atomic E-state index is 13.4.